The molecular formula is C22H30N4O. The fourth-order valence-corrected chi connectivity index (χ4v) is 2.76. The van der Waals surface area contributed by atoms with E-state index < -0.39 is 0 Å². The first-order valence-corrected chi connectivity index (χ1v) is 9.43. The topological polar surface area (TPSA) is 65.5 Å². The Morgan fingerprint density at radius 3 is 2.48 bits per heavy atom. The molecule has 0 saturated carbocycles. The maximum Gasteiger partial charge on any atom is 0.251 e. The van der Waals surface area contributed by atoms with Crippen LogP contribution in [0.3, 0.4) is 0 Å². The summed E-state index contributed by atoms with van der Waals surface area (Å²) in [5, 5.41) is 9.33. The summed E-state index contributed by atoms with van der Waals surface area (Å²) in [6, 6.07) is 16.1. The zero-order valence-electron chi connectivity index (χ0n) is 16.7. The normalized spacial score (nSPS) is 12.4. The van der Waals surface area contributed by atoms with Gasteiger partial charge in [-0.15, -0.1) is 0 Å². The number of nitrogens with one attached hydrogen (secondary N) is 3. The van der Waals surface area contributed by atoms with Gasteiger partial charge >= 0.3 is 0 Å². The minimum absolute atomic E-state index is 0.0785. The number of hydrogen-bond donors (Lipinski definition) is 3. The Morgan fingerprint density at radius 1 is 1.11 bits per heavy atom. The van der Waals surface area contributed by atoms with Gasteiger partial charge in [-0.05, 0) is 43.0 Å². The molecule has 0 aliphatic rings. The number of aliphatic imine (C=N–C) groups is 1. The van der Waals surface area contributed by atoms with Crippen molar-refractivity contribution in [1.29, 1.82) is 0 Å². The second-order valence-electron chi connectivity index (χ2n) is 6.67. The third kappa shape index (κ3) is 6.44. The highest BCUT2D eigenvalue weighted by Crippen LogP contribution is 2.15. The first kappa shape index (κ1) is 20.5. The van der Waals surface area contributed by atoms with E-state index >= 15 is 0 Å². The van der Waals surface area contributed by atoms with Crippen LogP contribution in [-0.2, 0) is 6.54 Å². The molecule has 0 radical (unpaired) electrons. The third-order valence-electron chi connectivity index (χ3n) is 4.39. The molecule has 0 aliphatic carbocycles. The van der Waals surface area contributed by atoms with Gasteiger partial charge in [-0.2, -0.15) is 0 Å². The van der Waals surface area contributed by atoms with Gasteiger partial charge in [-0.25, -0.2) is 4.99 Å². The van der Waals surface area contributed by atoms with Crippen molar-refractivity contribution in [2.75, 3.05) is 20.1 Å². The van der Waals surface area contributed by atoms with Crippen LogP contribution in [0.15, 0.2) is 53.5 Å². The molecule has 0 fully saturated rings. The number of nitrogens with zero attached hydrogens (tertiary/aromatic N) is 1. The molecule has 0 aliphatic heterocycles. The molecule has 1 unspecified atom stereocenters. The monoisotopic (exact) mass is 366 g/mol. The van der Waals surface area contributed by atoms with Gasteiger partial charge < -0.3 is 16.0 Å². The predicted octanol–water partition coefficient (Wildman–Crippen LogP) is 3.21. The highest BCUT2D eigenvalue weighted by atomic mass is 16.1. The van der Waals surface area contributed by atoms with Crippen LogP contribution in [0.2, 0.25) is 0 Å². The number of hydrogen-bond acceptors (Lipinski definition) is 2. The Bertz CT molecular complexity index is 768. The molecule has 1 amide bonds. The van der Waals surface area contributed by atoms with Crippen LogP contribution in [0.1, 0.15) is 46.8 Å². The third-order valence-corrected chi connectivity index (χ3v) is 4.39. The number of amides is 1. The number of rotatable bonds is 7. The predicted molar refractivity (Wildman–Crippen MR) is 112 cm³/mol. The summed E-state index contributed by atoms with van der Waals surface area (Å²) in [5.74, 6) is 1.11. The minimum Gasteiger partial charge on any atom is -0.357 e. The summed E-state index contributed by atoms with van der Waals surface area (Å²) < 4.78 is 0. The number of guanidine groups is 1. The van der Waals surface area contributed by atoms with Crippen molar-refractivity contribution < 1.29 is 4.79 Å². The minimum atomic E-state index is -0.0785. The molecule has 0 bridgehead atoms. The highest BCUT2D eigenvalue weighted by molar-refractivity contribution is 5.93. The lowest BCUT2D eigenvalue weighted by Gasteiger charge is -2.16. The Kier molecular flexibility index (Phi) is 7.86. The molecule has 144 valence electrons. The van der Waals surface area contributed by atoms with Crippen LogP contribution in [0, 0.1) is 6.92 Å². The molecule has 0 saturated heterocycles. The summed E-state index contributed by atoms with van der Waals surface area (Å²) in [6.07, 6.45) is 0. The van der Waals surface area contributed by atoms with Crippen molar-refractivity contribution in [1.82, 2.24) is 16.0 Å². The number of carbonyl (C=O) groups excluding carboxylic acids is 1. The Morgan fingerprint density at radius 2 is 1.85 bits per heavy atom. The summed E-state index contributed by atoms with van der Waals surface area (Å²) >= 11 is 0. The lowest BCUT2D eigenvalue weighted by Crippen LogP contribution is -2.39. The van der Waals surface area contributed by atoms with Crippen LogP contribution in [-0.4, -0.2) is 32.0 Å². The van der Waals surface area contributed by atoms with Crippen molar-refractivity contribution in [2.24, 2.45) is 4.99 Å². The summed E-state index contributed by atoms with van der Waals surface area (Å²) in [6.45, 7) is 8.56. The Labute approximate surface area is 162 Å². The molecule has 27 heavy (non-hydrogen) atoms. The molecule has 0 heterocycles. The Balaban J connectivity index is 1.96. The average Bonchev–Trinajstić information content (AvgIpc) is 2.69. The largest absolute Gasteiger partial charge is 0.357 e. The second kappa shape index (κ2) is 10.4. The number of aryl methyl sites for hydroxylation is 1. The van der Waals surface area contributed by atoms with Gasteiger partial charge in [0.1, 0.15) is 0 Å². The van der Waals surface area contributed by atoms with E-state index in [1.807, 2.05) is 24.3 Å². The molecular weight excluding hydrogens is 336 g/mol. The van der Waals surface area contributed by atoms with E-state index in [-0.39, 0.29) is 5.91 Å². The van der Waals surface area contributed by atoms with Gasteiger partial charge in [-0.1, -0.05) is 48.9 Å². The molecule has 0 spiro atoms. The molecule has 2 rings (SSSR count). The maximum absolute atomic E-state index is 11.6. The van der Waals surface area contributed by atoms with E-state index in [9.17, 15) is 4.79 Å². The fraction of sp³-hybridized carbons (Fsp3) is 0.364. The highest BCUT2D eigenvalue weighted by Gasteiger charge is 2.07. The van der Waals surface area contributed by atoms with Crippen LogP contribution < -0.4 is 16.0 Å². The fourth-order valence-electron chi connectivity index (χ4n) is 2.76. The van der Waals surface area contributed by atoms with Crippen molar-refractivity contribution >= 4 is 11.9 Å². The van der Waals surface area contributed by atoms with Crippen LogP contribution in [0.4, 0.5) is 0 Å². The van der Waals surface area contributed by atoms with E-state index in [1.165, 1.54) is 11.1 Å². The summed E-state index contributed by atoms with van der Waals surface area (Å²) in [7, 11) is 1.63. The molecule has 1 atom stereocenters. The zero-order valence-corrected chi connectivity index (χ0v) is 16.7. The van der Waals surface area contributed by atoms with E-state index in [4.69, 9.17) is 0 Å². The molecule has 2 aromatic rings. The van der Waals surface area contributed by atoms with Gasteiger partial charge in [0.15, 0.2) is 5.96 Å². The molecule has 5 nitrogen and oxygen atoms in total. The molecule has 2 aromatic carbocycles. The van der Waals surface area contributed by atoms with E-state index in [2.05, 4.69) is 66.0 Å². The first-order valence-electron chi connectivity index (χ1n) is 9.43. The lowest BCUT2D eigenvalue weighted by atomic mass is 9.99. The Hall–Kier alpha value is -2.82. The number of benzene rings is 2. The van der Waals surface area contributed by atoms with Crippen LogP contribution >= 0.6 is 0 Å². The molecule has 5 heteroatoms. The van der Waals surface area contributed by atoms with E-state index in [0.717, 1.165) is 24.6 Å². The first-order chi connectivity index (χ1) is 13.0. The second-order valence-corrected chi connectivity index (χ2v) is 6.67. The van der Waals surface area contributed by atoms with Gasteiger partial charge in [0.05, 0.1) is 6.54 Å². The van der Waals surface area contributed by atoms with Crippen LogP contribution in [0.25, 0.3) is 0 Å². The van der Waals surface area contributed by atoms with E-state index in [0.29, 0.717) is 18.0 Å². The van der Waals surface area contributed by atoms with Crippen molar-refractivity contribution in [3.05, 3.63) is 70.8 Å². The van der Waals surface area contributed by atoms with E-state index in [1.54, 1.807) is 7.05 Å². The van der Waals surface area contributed by atoms with Crippen molar-refractivity contribution in [3.63, 3.8) is 0 Å². The maximum atomic E-state index is 11.6. The van der Waals surface area contributed by atoms with Gasteiger partial charge in [0.25, 0.3) is 5.91 Å². The standard InChI is InChI=1S/C22H30N4O/c1-5-24-22(25-14-17(3)20-8-6-7-16(2)13-20)26-15-18-9-11-19(12-10-18)21(27)23-4/h6-13,17H,5,14-15H2,1-4H3,(H,23,27)(H2,24,25,26). The summed E-state index contributed by atoms with van der Waals surface area (Å²) in [4.78, 5) is 16.3. The van der Waals surface area contributed by atoms with Crippen molar-refractivity contribution in [3.8, 4) is 0 Å². The molecule has 3 N–H and O–H groups in total. The average molecular weight is 367 g/mol. The molecule has 0 aromatic heterocycles. The van der Waals surface area contributed by atoms with Gasteiger partial charge in [0, 0.05) is 25.7 Å². The smallest absolute Gasteiger partial charge is 0.251 e. The quantitative estimate of drug-likeness (QED) is 0.521. The van der Waals surface area contributed by atoms with Crippen molar-refractivity contribution in [2.45, 2.75) is 33.2 Å². The lowest BCUT2D eigenvalue weighted by molar-refractivity contribution is 0.0963. The zero-order chi connectivity index (χ0) is 19.6. The SMILES string of the molecule is CCNC(=NCc1ccc(C(=O)NC)cc1)NCC(C)c1cccc(C)c1. The van der Waals surface area contributed by atoms with Gasteiger partial charge in [-0.3, -0.25) is 4.79 Å². The summed E-state index contributed by atoms with van der Waals surface area (Å²) in [5.41, 5.74) is 4.32. The number of carbonyl (C=O) groups is 1. The van der Waals surface area contributed by atoms with Gasteiger partial charge in [0.2, 0.25) is 0 Å². The van der Waals surface area contributed by atoms with Crippen LogP contribution in [0.5, 0.6) is 0 Å².